The minimum Gasteiger partial charge on any atom is -0.508 e. The molecule has 1 aliphatic rings. The standard InChI is InChI=1S/C33H47N3O5/c1-7-8-9-19-34-30(38)29(27-20-22(2)13-14-23(27)3)36(25-11-10-12-25)31(39)28(35-32(40)41-33(4,5)6)21-24-15-17-26(37)18-16-24/h13-18,20,25,28-29,37H,7-12,19,21H2,1-6H3,(H,34,38)(H,35,40). The fourth-order valence-electron chi connectivity index (χ4n) is 5.04. The van der Waals surface area contributed by atoms with Crippen LogP contribution >= 0.6 is 0 Å². The number of hydrogen-bond donors (Lipinski definition) is 3. The second kappa shape index (κ2) is 14.4. The second-order valence-electron chi connectivity index (χ2n) is 12.2. The molecule has 41 heavy (non-hydrogen) atoms. The van der Waals surface area contributed by atoms with Crippen LogP contribution in [0.2, 0.25) is 0 Å². The summed E-state index contributed by atoms with van der Waals surface area (Å²) in [5, 5.41) is 15.7. The van der Waals surface area contributed by atoms with Gasteiger partial charge in [-0.1, -0.05) is 55.7 Å². The summed E-state index contributed by atoms with van der Waals surface area (Å²) in [6, 6.07) is 10.6. The van der Waals surface area contributed by atoms with Gasteiger partial charge in [0.1, 0.15) is 23.4 Å². The normalized spacial score (nSPS) is 14.9. The molecule has 0 radical (unpaired) electrons. The Bertz CT molecular complexity index is 1180. The molecule has 3 rings (SSSR count). The Hall–Kier alpha value is -3.55. The molecule has 3 N–H and O–H groups in total. The molecule has 2 aromatic carbocycles. The van der Waals surface area contributed by atoms with Crippen LogP contribution in [0.1, 0.15) is 94.5 Å². The zero-order valence-electron chi connectivity index (χ0n) is 25.5. The van der Waals surface area contributed by atoms with Gasteiger partial charge in [0.2, 0.25) is 11.8 Å². The summed E-state index contributed by atoms with van der Waals surface area (Å²) in [6.07, 6.45) is 4.93. The fraction of sp³-hybridized carbons (Fsp3) is 0.545. The highest BCUT2D eigenvalue weighted by Crippen LogP contribution is 2.35. The SMILES string of the molecule is CCCCCNC(=O)C(c1cc(C)ccc1C)N(C(=O)C(Cc1ccc(O)cc1)NC(=O)OC(C)(C)C)C1CCC1. The maximum Gasteiger partial charge on any atom is 0.408 e. The number of hydrogen-bond acceptors (Lipinski definition) is 5. The number of phenols is 1. The van der Waals surface area contributed by atoms with Gasteiger partial charge in [-0.2, -0.15) is 0 Å². The van der Waals surface area contributed by atoms with E-state index in [-0.39, 0.29) is 30.0 Å². The van der Waals surface area contributed by atoms with Crippen LogP contribution < -0.4 is 10.6 Å². The smallest absolute Gasteiger partial charge is 0.408 e. The summed E-state index contributed by atoms with van der Waals surface area (Å²) in [5.74, 6) is -0.429. The van der Waals surface area contributed by atoms with Gasteiger partial charge in [0, 0.05) is 19.0 Å². The molecule has 0 spiro atoms. The third-order valence-electron chi connectivity index (χ3n) is 7.42. The molecule has 2 unspecified atom stereocenters. The zero-order chi connectivity index (χ0) is 30.2. The third kappa shape index (κ3) is 9.23. The van der Waals surface area contributed by atoms with E-state index in [2.05, 4.69) is 17.6 Å². The summed E-state index contributed by atoms with van der Waals surface area (Å²) in [7, 11) is 0. The van der Waals surface area contributed by atoms with Gasteiger partial charge < -0.3 is 25.4 Å². The largest absolute Gasteiger partial charge is 0.508 e. The van der Waals surface area contributed by atoms with Crippen LogP contribution in [-0.2, 0) is 20.7 Å². The Morgan fingerprint density at radius 1 is 1.05 bits per heavy atom. The number of phenolic OH excluding ortho intramolecular Hbond substituents is 1. The molecule has 224 valence electrons. The first-order valence-corrected chi connectivity index (χ1v) is 14.8. The lowest BCUT2D eigenvalue weighted by molar-refractivity contribution is -0.147. The average Bonchev–Trinajstić information content (AvgIpc) is 2.86. The number of alkyl carbamates (subject to hydrolysis) is 1. The molecule has 1 aliphatic carbocycles. The summed E-state index contributed by atoms with van der Waals surface area (Å²) in [6.45, 7) is 11.9. The van der Waals surface area contributed by atoms with Gasteiger partial charge >= 0.3 is 6.09 Å². The molecule has 1 fully saturated rings. The minimum atomic E-state index is -0.976. The van der Waals surface area contributed by atoms with Crippen molar-refractivity contribution in [2.24, 2.45) is 0 Å². The Morgan fingerprint density at radius 3 is 2.32 bits per heavy atom. The molecule has 3 amide bonds. The lowest BCUT2D eigenvalue weighted by Gasteiger charge is -2.44. The first-order valence-electron chi connectivity index (χ1n) is 14.8. The van der Waals surface area contributed by atoms with Crippen LogP contribution in [-0.4, -0.2) is 52.1 Å². The second-order valence-corrected chi connectivity index (χ2v) is 12.2. The monoisotopic (exact) mass is 565 g/mol. The van der Waals surface area contributed by atoms with Gasteiger partial charge in [-0.3, -0.25) is 9.59 Å². The van der Waals surface area contributed by atoms with Gasteiger partial charge in [0.15, 0.2) is 0 Å². The van der Waals surface area contributed by atoms with E-state index >= 15 is 0 Å². The zero-order valence-corrected chi connectivity index (χ0v) is 25.5. The fourth-order valence-corrected chi connectivity index (χ4v) is 5.04. The van der Waals surface area contributed by atoms with Crippen molar-refractivity contribution in [3.05, 3.63) is 64.7 Å². The lowest BCUT2D eigenvalue weighted by atomic mass is 9.86. The summed E-state index contributed by atoms with van der Waals surface area (Å²) in [4.78, 5) is 43.2. The number of aryl methyl sites for hydroxylation is 2. The van der Waals surface area contributed by atoms with Crippen LogP contribution in [0.25, 0.3) is 0 Å². The van der Waals surface area contributed by atoms with Crippen LogP contribution in [0.4, 0.5) is 4.79 Å². The van der Waals surface area contributed by atoms with E-state index in [1.54, 1.807) is 49.9 Å². The molecule has 0 aromatic heterocycles. The number of unbranched alkanes of at least 4 members (excludes halogenated alkanes) is 2. The number of benzene rings is 2. The molecule has 0 aliphatic heterocycles. The number of ether oxygens (including phenoxy) is 1. The topological polar surface area (TPSA) is 108 Å². The summed E-state index contributed by atoms with van der Waals surface area (Å²) in [5.41, 5.74) is 2.74. The van der Waals surface area contributed by atoms with Crippen molar-refractivity contribution in [2.75, 3.05) is 6.54 Å². The van der Waals surface area contributed by atoms with Crippen molar-refractivity contribution in [2.45, 2.75) is 110 Å². The lowest BCUT2D eigenvalue weighted by Crippen LogP contribution is -2.58. The Balaban J connectivity index is 2.04. The summed E-state index contributed by atoms with van der Waals surface area (Å²) >= 11 is 0. The van der Waals surface area contributed by atoms with Crippen molar-refractivity contribution >= 4 is 17.9 Å². The van der Waals surface area contributed by atoms with E-state index in [9.17, 15) is 19.5 Å². The number of carbonyl (C=O) groups excluding carboxylic acids is 3. The molecule has 8 heteroatoms. The van der Waals surface area contributed by atoms with E-state index < -0.39 is 23.8 Å². The average molecular weight is 566 g/mol. The molecule has 2 aromatic rings. The molecule has 0 bridgehead atoms. The van der Waals surface area contributed by atoms with Crippen molar-refractivity contribution in [3.8, 4) is 5.75 Å². The maximum absolute atomic E-state index is 14.6. The Morgan fingerprint density at radius 2 is 1.73 bits per heavy atom. The van der Waals surface area contributed by atoms with Crippen molar-refractivity contribution in [1.82, 2.24) is 15.5 Å². The Kier molecular flexibility index (Phi) is 11.2. The molecular weight excluding hydrogens is 518 g/mol. The van der Waals surface area contributed by atoms with Crippen molar-refractivity contribution in [1.29, 1.82) is 0 Å². The van der Waals surface area contributed by atoms with Gasteiger partial charge in [-0.15, -0.1) is 0 Å². The number of carbonyl (C=O) groups is 3. The third-order valence-corrected chi connectivity index (χ3v) is 7.42. The van der Waals surface area contributed by atoms with Gasteiger partial charge in [0.05, 0.1) is 0 Å². The van der Waals surface area contributed by atoms with Gasteiger partial charge in [-0.05, 0) is 89.1 Å². The van der Waals surface area contributed by atoms with E-state index in [1.165, 1.54) is 0 Å². The molecule has 1 saturated carbocycles. The molecule has 0 saturated heterocycles. The van der Waals surface area contributed by atoms with E-state index in [0.717, 1.165) is 60.8 Å². The molecule has 2 atom stereocenters. The van der Waals surface area contributed by atoms with E-state index in [0.29, 0.717) is 6.54 Å². The number of aromatic hydroxyl groups is 1. The maximum atomic E-state index is 14.6. The molecular formula is C33H47N3O5. The van der Waals surface area contributed by atoms with E-state index in [4.69, 9.17) is 4.74 Å². The highest BCUT2D eigenvalue weighted by Gasteiger charge is 2.42. The highest BCUT2D eigenvalue weighted by molar-refractivity contribution is 5.93. The Labute approximate surface area is 244 Å². The van der Waals surface area contributed by atoms with E-state index in [1.807, 2.05) is 32.0 Å². The van der Waals surface area contributed by atoms with Crippen LogP contribution in [0, 0.1) is 13.8 Å². The van der Waals surface area contributed by atoms with Crippen molar-refractivity contribution in [3.63, 3.8) is 0 Å². The number of nitrogens with zero attached hydrogens (tertiary/aromatic N) is 1. The molecule has 0 heterocycles. The van der Waals surface area contributed by atoms with Crippen LogP contribution in [0.5, 0.6) is 5.75 Å². The molecule has 8 nitrogen and oxygen atoms in total. The minimum absolute atomic E-state index is 0.113. The first-order chi connectivity index (χ1) is 19.4. The number of rotatable bonds is 12. The summed E-state index contributed by atoms with van der Waals surface area (Å²) < 4.78 is 5.52. The predicted molar refractivity (Wildman–Crippen MR) is 161 cm³/mol. The predicted octanol–water partition coefficient (Wildman–Crippen LogP) is 5.87. The number of amides is 3. The van der Waals surface area contributed by atoms with Crippen molar-refractivity contribution < 1.29 is 24.2 Å². The highest BCUT2D eigenvalue weighted by atomic mass is 16.6. The number of nitrogens with one attached hydrogen (secondary N) is 2. The first kappa shape index (κ1) is 32.0. The van der Waals surface area contributed by atoms with Gasteiger partial charge in [-0.25, -0.2) is 4.79 Å². The van der Waals surface area contributed by atoms with Crippen LogP contribution in [0.15, 0.2) is 42.5 Å². The van der Waals surface area contributed by atoms with Crippen LogP contribution in [0.3, 0.4) is 0 Å². The quantitative estimate of drug-likeness (QED) is 0.279. The van der Waals surface area contributed by atoms with Gasteiger partial charge in [0.25, 0.3) is 0 Å².